The lowest BCUT2D eigenvalue weighted by Crippen LogP contribution is -2.29. The summed E-state index contributed by atoms with van der Waals surface area (Å²) in [4.78, 5) is 28.8. The lowest BCUT2D eigenvalue weighted by Gasteiger charge is -2.25. The molecule has 4 aromatic rings. The van der Waals surface area contributed by atoms with Crippen molar-refractivity contribution in [2.24, 2.45) is 0 Å². The molecule has 1 amide bonds. The molecule has 0 bridgehead atoms. The normalized spacial score (nSPS) is 15.4. The second-order valence-electron chi connectivity index (χ2n) is 8.14. The Hall–Kier alpha value is -3.08. The summed E-state index contributed by atoms with van der Waals surface area (Å²) in [6.45, 7) is 4.18. The van der Waals surface area contributed by atoms with Crippen LogP contribution in [0.1, 0.15) is 44.4 Å². The van der Waals surface area contributed by atoms with E-state index in [0.29, 0.717) is 33.1 Å². The monoisotopic (exact) mass is 463 g/mol. The average Bonchev–Trinajstić information content (AvgIpc) is 3.04. The van der Waals surface area contributed by atoms with Gasteiger partial charge in [-0.1, -0.05) is 65.2 Å². The van der Waals surface area contributed by atoms with E-state index in [-0.39, 0.29) is 17.1 Å². The number of carbonyl (C=O) groups excluding carboxylic acids is 1. The number of benzene rings is 3. The maximum atomic E-state index is 13.6. The first-order valence-electron chi connectivity index (χ1n) is 10.2. The first-order valence-corrected chi connectivity index (χ1v) is 11.0. The van der Waals surface area contributed by atoms with E-state index in [4.69, 9.17) is 27.6 Å². The first kappa shape index (κ1) is 20.8. The number of fused-ring (bicyclic) bond motifs is 2. The van der Waals surface area contributed by atoms with Crippen LogP contribution in [0.15, 0.2) is 69.9 Å². The fraction of sp³-hybridized carbons (Fsp3) is 0.154. The summed E-state index contributed by atoms with van der Waals surface area (Å²) in [5, 5.41) is 1.42. The van der Waals surface area contributed by atoms with Crippen LogP contribution in [-0.2, 0) is 6.54 Å². The predicted molar refractivity (Wildman–Crippen MR) is 127 cm³/mol. The zero-order chi connectivity index (χ0) is 22.6. The Balaban J connectivity index is 1.73. The molecule has 4 nitrogen and oxygen atoms in total. The molecule has 0 saturated carbocycles. The highest BCUT2D eigenvalue weighted by Gasteiger charge is 2.42. The molecule has 5 rings (SSSR count). The lowest BCUT2D eigenvalue weighted by atomic mass is 9.98. The van der Waals surface area contributed by atoms with Gasteiger partial charge in [0.1, 0.15) is 5.58 Å². The first-order chi connectivity index (χ1) is 15.3. The van der Waals surface area contributed by atoms with Crippen molar-refractivity contribution in [3.8, 4) is 0 Å². The molecule has 1 atom stereocenters. The van der Waals surface area contributed by atoms with Crippen molar-refractivity contribution in [2.45, 2.75) is 26.4 Å². The smallest absolute Gasteiger partial charge is 0.291 e. The molecule has 0 N–H and O–H groups in total. The van der Waals surface area contributed by atoms with E-state index in [2.05, 4.69) is 0 Å². The standard InChI is InChI=1S/C26H19Cl2NO3/c1-14-3-5-16(6-4-14)13-29-23(17-7-9-18(27)10-8-17)22-24(30)19-12-20(28)15(2)11-21(19)32-25(22)26(29)31/h3-12,23H,13H2,1-2H3. The predicted octanol–water partition coefficient (Wildman–Crippen LogP) is 6.46. The number of carbonyl (C=O) groups is 1. The molecule has 0 spiro atoms. The molecule has 1 aliphatic heterocycles. The SMILES string of the molecule is Cc1ccc(CN2C(=O)c3oc4cc(C)c(Cl)cc4c(=O)c3C2c2ccc(Cl)cc2)cc1. The summed E-state index contributed by atoms with van der Waals surface area (Å²) in [5.74, 6) is -0.233. The summed E-state index contributed by atoms with van der Waals surface area (Å²) in [5.41, 5.74) is 4.11. The van der Waals surface area contributed by atoms with Crippen molar-refractivity contribution in [3.63, 3.8) is 0 Å². The number of rotatable bonds is 3. The number of hydrogen-bond donors (Lipinski definition) is 0. The minimum Gasteiger partial charge on any atom is -0.450 e. The Bertz CT molecular complexity index is 1420. The maximum absolute atomic E-state index is 13.6. The topological polar surface area (TPSA) is 50.5 Å². The average molecular weight is 464 g/mol. The van der Waals surface area contributed by atoms with Crippen molar-refractivity contribution < 1.29 is 9.21 Å². The van der Waals surface area contributed by atoms with Crippen molar-refractivity contribution >= 4 is 40.1 Å². The van der Waals surface area contributed by atoms with E-state index in [0.717, 1.165) is 22.3 Å². The van der Waals surface area contributed by atoms with E-state index < -0.39 is 6.04 Å². The van der Waals surface area contributed by atoms with Gasteiger partial charge >= 0.3 is 0 Å². The van der Waals surface area contributed by atoms with Gasteiger partial charge in [-0.2, -0.15) is 0 Å². The van der Waals surface area contributed by atoms with Gasteiger partial charge in [0.15, 0.2) is 5.43 Å². The van der Waals surface area contributed by atoms with Gasteiger partial charge in [0.2, 0.25) is 5.76 Å². The zero-order valence-corrected chi connectivity index (χ0v) is 19.0. The van der Waals surface area contributed by atoms with Gasteiger partial charge in [0.05, 0.1) is 17.0 Å². The summed E-state index contributed by atoms with van der Waals surface area (Å²) in [6.07, 6.45) is 0. The van der Waals surface area contributed by atoms with Crippen molar-refractivity contribution in [3.05, 3.63) is 115 Å². The van der Waals surface area contributed by atoms with Crippen LogP contribution in [0, 0.1) is 13.8 Å². The third-order valence-corrected chi connectivity index (χ3v) is 6.57. The lowest BCUT2D eigenvalue weighted by molar-refractivity contribution is 0.0714. The highest BCUT2D eigenvalue weighted by molar-refractivity contribution is 6.32. The molecule has 1 aromatic heterocycles. The van der Waals surface area contributed by atoms with E-state index in [1.807, 2.05) is 50.2 Å². The molecule has 0 saturated heterocycles. The highest BCUT2D eigenvalue weighted by atomic mass is 35.5. The molecule has 2 heterocycles. The third kappa shape index (κ3) is 3.40. The minimum absolute atomic E-state index is 0.0799. The molecular formula is C26H19Cl2NO3. The van der Waals surface area contributed by atoms with Crippen molar-refractivity contribution in [1.29, 1.82) is 0 Å². The van der Waals surface area contributed by atoms with Gasteiger partial charge in [-0.15, -0.1) is 0 Å². The summed E-state index contributed by atoms with van der Waals surface area (Å²) < 4.78 is 6.02. The molecule has 6 heteroatoms. The largest absolute Gasteiger partial charge is 0.450 e. The molecule has 32 heavy (non-hydrogen) atoms. The Morgan fingerprint density at radius 3 is 2.31 bits per heavy atom. The second-order valence-corrected chi connectivity index (χ2v) is 8.99. The third-order valence-electron chi connectivity index (χ3n) is 5.91. The van der Waals surface area contributed by atoms with Crippen LogP contribution >= 0.6 is 23.2 Å². The number of hydrogen-bond acceptors (Lipinski definition) is 3. The van der Waals surface area contributed by atoms with Crippen LogP contribution in [0.2, 0.25) is 10.0 Å². The number of halogens is 2. The van der Waals surface area contributed by atoms with Crippen LogP contribution in [0.4, 0.5) is 0 Å². The Kier molecular flexibility index (Phi) is 5.07. The second kappa shape index (κ2) is 7.80. The highest BCUT2D eigenvalue weighted by Crippen LogP contribution is 2.40. The van der Waals surface area contributed by atoms with E-state index in [1.165, 1.54) is 0 Å². The molecule has 0 radical (unpaired) electrons. The molecule has 0 fully saturated rings. The Morgan fingerprint density at radius 2 is 1.62 bits per heavy atom. The van der Waals surface area contributed by atoms with Crippen LogP contribution in [0.3, 0.4) is 0 Å². The number of amides is 1. The molecule has 160 valence electrons. The molecule has 3 aromatic carbocycles. The fourth-order valence-electron chi connectivity index (χ4n) is 4.19. The van der Waals surface area contributed by atoms with E-state index >= 15 is 0 Å². The van der Waals surface area contributed by atoms with Gasteiger partial charge in [0, 0.05) is 16.6 Å². The summed E-state index contributed by atoms with van der Waals surface area (Å²) >= 11 is 12.4. The van der Waals surface area contributed by atoms with Crippen LogP contribution in [0.5, 0.6) is 0 Å². The van der Waals surface area contributed by atoms with Crippen molar-refractivity contribution in [1.82, 2.24) is 4.90 Å². The maximum Gasteiger partial charge on any atom is 0.291 e. The number of aryl methyl sites for hydroxylation is 2. The minimum atomic E-state index is -0.586. The number of nitrogens with zero attached hydrogens (tertiary/aromatic N) is 1. The molecule has 1 aliphatic rings. The Morgan fingerprint density at radius 1 is 0.938 bits per heavy atom. The molecular weight excluding hydrogens is 445 g/mol. The Labute approximate surface area is 195 Å². The van der Waals surface area contributed by atoms with Crippen LogP contribution < -0.4 is 5.43 Å². The van der Waals surface area contributed by atoms with Gasteiger partial charge in [-0.3, -0.25) is 9.59 Å². The van der Waals surface area contributed by atoms with Gasteiger partial charge < -0.3 is 9.32 Å². The van der Waals surface area contributed by atoms with Crippen LogP contribution in [0.25, 0.3) is 11.0 Å². The molecule has 1 unspecified atom stereocenters. The van der Waals surface area contributed by atoms with Gasteiger partial charge in [-0.05, 0) is 54.8 Å². The molecule has 0 aliphatic carbocycles. The van der Waals surface area contributed by atoms with E-state index in [9.17, 15) is 9.59 Å². The van der Waals surface area contributed by atoms with Crippen LogP contribution in [-0.4, -0.2) is 10.8 Å². The fourth-order valence-corrected chi connectivity index (χ4v) is 4.48. The summed E-state index contributed by atoms with van der Waals surface area (Å²) in [6, 6.07) is 17.9. The van der Waals surface area contributed by atoms with Crippen molar-refractivity contribution in [2.75, 3.05) is 0 Å². The zero-order valence-electron chi connectivity index (χ0n) is 17.5. The van der Waals surface area contributed by atoms with Gasteiger partial charge in [-0.25, -0.2) is 0 Å². The quantitative estimate of drug-likeness (QED) is 0.350. The summed E-state index contributed by atoms with van der Waals surface area (Å²) in [7, 11) is 0. The van der Waals surface area contributed by atoms with Gasteiger partial charge in [0.25, 0.3) is 5.91 Å². The van der Waals surface area contributed by atoms with E-state index in [1.54, 1.807) is 29.2 Å².